The van der Waals surface area contributed by atoms with Crippen LogP contribution >= 0.6 is 0 Å². The zero-order valence-corrected chi connectivity index (χ0v) is 12.5. The second-order valence-corrected chi connectivity index (χ2v) is 6.97. The molecule has 3 fully saturated rings. The lowest BCUT2D eigenvalue weighted by atomic mass is 9.85. The Morgan fingerprint density at radius 2 is 2.00 bits per heavy atom. The van der Waals surface area contributed by atoms with Gasteiger partial charge < -0.3 is 9.64 Å². The van der Waals surface area contributed by atoms with Crippen LogP contribution in [-0.4, -0.2) is 42.5 Å². The number of carbonyl (C=O) groups excluding carboxylic acids is 1. The molecular formula is C16H25F2NO2. The van der Waals surface area contributed by atoms with Gasteiger partial charge in [0.1, 0.15) is 0 Å². The van der Waals surface area contributed by atoms with Gasteiger partial charge in [0.05, 0.1) is 6.10 Å². The quantitative estimate of drug-likeness (QED) is 0.798. The Bertz CT molecular complexity index is 384. The summed E-state index contributed by atoms with van der Waals surface area (Å²) in [6, 6.07) is 0. The van der Waals surface area contributed by atoms with Crippen molar-refractivity contribution in [1.82, 2.24) is 4.90 Å². The van der Waals surface area contributed by atoms with E-state index in [-0.39, 0.29) is 24.9 Å². The molecule has 2 unspecified atom stereocenters. The summed E-state index contributed by atoms with van der Waals surface area (Å²) in [5, 5.41) is 0. The number of alkyl halides is 2. The molecule has 0 bridgehead atoms. The molecule has 3 nitrogen and oxygen atoms in total. The zero-order chi connectivity index (χ0) is 14.9. The van der Waals surface area contributed by atoms with Crippen molar-refractivity contribution in [3.63, 3.8) is 0 Å². The number of nitrogens with zero attached hydrogens (tertiary/aromatic N) is 1. The van der Waals surface area contributed by atoms with E-state index in [0.29, 0.717) is 31.8 Å². The molecule has 0 aromatic heterocycles. The predicted octanol–water partition coefficient (Wildman–Crippen LogP) is 3.23. The molecule has 2 aliphatic carbocycles. The Hall–Kier alpha value is -0.710. The van der Waals surface area contributed by atoms with E-state index in [2.05, 4.69) is 0 Å². The van der Waals surface area contributed by atoms with Gasteiger partial charge in [0.2, 0.25) is 11.8 Å². The maximum atomic E-state index is 13.5. The van der Waals surface area contributed by atoms with E-state index in [1.54, 1.807) is 4.90 Å². The Labute approximate surface area is 125 Å². The smallest absolute Gasteiger partial charge is 0.248 e. The van der Waals surface area contributed by atoms with E-state index in [1.807, 2.05) is 0 Å². The van der Waals surface area contributed by atoms with Crippen molar-refractivity contribution >= 4 is 5.91 Å². The normalized spacial score (nSPS) is 33.0. The lowest BCUT2D eigenvalue weighted by Crippen LogP contribution is -2.47. The molecule has 3 rings (SSSR count). The molecular weight excluding hydrogens is 276 g/mol. The lowest BCUT2D eigenvalue weighted by Gasteiger charge is -2.37. The average Bonchev–Trinajstić information content (AvgIpc) is 3.28. The molecule has 1 saturated heterocycles. The number of carbonyl (C=O) groups is 1. The van der Waals surface area contributed by atoms with Crippen molar-refractivity contribution in [1.29, 1.82) is 0 Å². The van der Waals surface area contributed by atoms with Gasteiger partial charge in [-0.05, 0) is 44.4 Å². The van der Waals surface area contributed by atoms with Gasteiger partial charge in [-0.1, -0.05) is 0 Å². The van der Waals surface area contributed by atoms with Crippen molar-refractivity contribution in [2.45, 2.75) is 63.4 Å². The van der Waals surface area contributed by atoms with Crippen molar-refractivity contribution in [3.8, 4) is 0 Å². The number of halogens is 2. The van der Waals surface area contributed by atoms with Gasteiger partial charge in [-0.15, -0.1) is 0 Å². The molecule has 0 aromatic carbocycles. The maximum absolute atomic E-state index is 13.5. The van der Waals surface area contributed by atoms with Crippen LogP contribution in [0.1, 0.15) is 51.4 Å². The van der Waals surface area contributed by atoms with Crippen LogP contribution in [0.3, 0.4) is 0 Å². The molecule has 0 radical (unpaired) electrons. The highest BCUT2D eigenvalue weighted by Gasteiger charge is 2.41. The molecule has 2 atom stereocenters. The fourth-order valence-corrected chi connectivity index (χ4v) is 3.47. The third-order valence-corrected chi connectivity index (χ3v) is 4.94. The summed E-state index contributed by atoms with van der Waals surface area (Å²) in [5.41, 5.74) is 0. The van der Waals surface area contributed by atoms with Crippen molar-refractivity contribution in [2.75, 3.05) is 19.7 Å². The Kier molecular flexibility index (Phi) is 4.48. The second-order valence-electron chi connectivity index (χ2n) is 6.97. The maximum Gasteiger partial charge on any atom is 0.248 e. The number of likely N-dealkylation sites (tertiary alicyclic amines) is 1. The summed E-state index contributed by atoms with van der Waals surface area (Å²) < 4.78 is 32.8. The van der Waals surface area contributed by atoms with Gasteiger partial charge in [0, 0.05) is 38.5 Å². The number of piperidine rings is 1. The Morgan fingerprint density at radius 3 is 2.71 bits per heavy atom. The highest BCUT2D eigenvalue weighted by atomic mass is 19.3. The highest BCUT2D eigenvalue weighted by molar-refractivity contribution is 5.79. The van der Waals surface area contributed by atoms with E-state index in [0.717, 1.165) is 19.4 Å². The van der Waals surface area contributed by atoms with Crippen LogP contribution in [0.5, 0.6) is 0 Å². The van der Waals surface area contributed by atoms with Crippen LogP contribution in [0.15, 0.2) is 0 Å². The van der Waals surface area contributed by atoms with Crippen LogP contribution in [0, 0.1) is 11.8 Å². The number of rotatable bonds is 4. The second kappa shape index (κ2) is 6.19. The van der Waals surface area contributed by atoms with Gasteiger partial charge in [0.25, 0.3) is 0 Å². The zero-order valence-electron chi connectivity index (χ0n) is 12.5. The van der Waals surface area contributed by atoms with E-state index < -0.39 is 11.8 Å². The minimum Gasteiger partial charge on any atom is -0.376 e. The van der Waals surface area contributed by atoms with Crippen molar-refractivity contribution in [3.05, 3.63) is 0 Å². The summed E-state index contributed by atoms with van der Waals surface area (Å²) in [6.07, 6.45) is 5.25. The molecule has 1 amide bonds. The molecule has 2 saturated carbocycles. The van der Waals surface area contributed by atoms with Crippen LogP contribution in [0.4, 0.5) is 8.78 Å². The number of hydrogen-bond acceptors (Lipinski definition) is 2. The molecule has 0 aromatic rings. The van der Waals surface area contributed by atoms with Gasteiger partial charge in [-0.3, -0.25) is 4.79 Å². The molecule has 3 aliphatic rings. The van der Waals surface area contributed by atoms with Crippen LogP contribution in [0.2, 0.25) is 0 Å². The fraction of sp³-hybridized carbons (Fsp3) is 0.938. The molecule has 120 valence electrons. The van der Waals surface area contributed by atoms with Crippen LogP contribution < -0.4 is 0 Å². The number of ether oxygens (including phenoxy) is 1. The lowest BCUT2D eigenvalue weighted by molar-refractivity contribution is -0.146. The molecule has 0 spiro atoms. The summed E-state index contributed by atoms with van der Waals surface area (Å²) in [6.45, 7) is 2.09. The summed E-state index contributed by atoms with van der Waals surface area (Å²) >= 11 is 0. The third kappa shape index (κ3) is 4.15. The molecule has 1 heterocycles. The van der Waals surface area contributed by atoms with Gasteiger partial charge >= 0.3 is 0 Å². The average molecular weight is 301 g/mol. The molecule has 1 aliphatic heterocycles. The van der Waals surface area contributed by atoms with E-state index >= 15 is 0 Å². The number of hydrogen-bond donors (Lipinski definition) is 0. The summed E-state index contributed by atoms with van der Waals surface area (Å²) in [5.74, 6) is -2.51. The SMILES string of the molecule is O=C(C1CCCC(F)(F)C1)N1CCCC(OCC2CC2)C1. The number of amides is 1. The minimum absolute atomic E-state index is 0.0656. The minimum atomic E-state index is -2.66. The fourth-order valence-electron chi connectivity index (χ4n) is 3.47. The molecule has 21 heavy (non-hydrogen) atoms. The van der Waals surface area contributed by atoms with Gasteiger partial charge in [-0.2, -0.15) is 0 Å². The monoisotopic (exact) mass is 301 g/mol. The predicted molar refractivity (Wildman–Crippen MR) is 75.2 cm³/mol. The first-order chi connectivity index (χ1) is 10.0. The topological polar surface area (TPSA) is 29.5 Å². The highest BCUT2D eigenvalue weighted by Crippen LogP contribution is 2.38. The summed E-state index contributed by atoms with van der Waals surface area (Å²) in [7, 11) is 0. The Morgan fingerprint density at radius 1 is 1.19 bits per heavy atom. The van der Waals surface area contributed by atoms with E-state index in [4.69, 9.17) is 4.74 Å². The third-order valence-electron chi connectivity index (χ3n) is 4.94. The Balaban J connectivity index is 1.51. The van der Waals surface area contributed by atoms with Gasteiger partial charge in [-0.25, -0.2) is 8.78 Å². The van der Waals surface area contributed by atoms with Gasteiger partial charge in [0.15, 0.2) is 0 Å². The van der Waals surface area contributed by atoms with E-state index in [9.17, 15) is 13.6 Å². The van der Waals surface area contributed by atoms with Crippen LogP contribution in [0.25, 0.3) is 0 Å². The first-order valence-electron chi connectivity index (χ1n) is 8.32. The van der Waals surface area contributed by atoms with Crippen molar-refractivity contribution < 1.29 is 18.3 Å². The molecule has 0 N–H and O–H groups in total. The van der Waals surface area contributed by atoms with Crippen LogP contribution in [-0.2, 0) is 9.53 Å². The molecule has 5 heteroatoms. The first-order valence-corrected chi connectivity index (χ1v) is 8.32. The first kappa shape index (κ1) is 15.2. The standard InChI is InChI=1S/C16H25F2NO2/c17-16(18)7-1-3-13(9-16)15(20)19-8-2-4-14(10-19)21-11-12-5-6-12/h12-14H,1-11H2. The van der Waals surface area contributed by atoms with Crippen molar-refractivity contribution in [2.24, 2.45) is 11.8 Å². The van der Waals surface area contributed by atoms with E-state index in [1.165, 1.54) is 12.8 Å². The summed E-state index contributed by atoms with van der Waals surface area (Å²) in [4.78, 5) is 14.2. The largest absolute Gasteiger partial charge is 0.376 e.